The number of nitrogens with zero attached hydrogens (tertiary/aromatic N) is 2. The number of halogens is 1. The van der Waals surface area contributed by atoms with Crippen LogP contribution in [-0.2, 0) is 0 Å². The smallest absolute Gasteiger partial charge is 0.161 e. The van der Waals surface area contributed by atoms with Crippen LogP contribution in [0.5, 0.6) is 11.5 Å². The largest absolute Gasteiger partial charge is 0.504 e. The van der Waals surface area contributed by atoms with Crippen molar-refractivity contribution in [2.45, 2.75) is 0 Å². The zero-order valence-electron chi connectivity index (χ0n) is 14.6. The monoisotopic (exact) mass is 376 g/mol. The Bertz CT molecular complexity index is 1130. The van der Waals surface area contributed by atoms with Crippen molar-refractivity contribution in [2.24, 2.45) is 5.10 Å². The molecule has 0 atom stereocenters. The fourth-order valence-corrected chi connectivity index (χ4v) is 3.20. The molecule has 0 aliphatic carbocycles. The first kappa shape index (κ1) is 17.2. The topological polar surface area (TPSA) is 46.8 Å². The molecule has 0 fully saturated rings. The van der Waals surface area contributed by atoms with Crippen LogP contribution < -0.4 is 4.74 Å². The highest BCUT2D eigenvalue weighted by Crippen LogP contribution is 2.32. The lowest BCUT2D eigenvalue weighted by molar-refractivity contribution is 0.373. The SMILES string of the molecule is COc1cc(/C=N/n2cc(-c3ccccc3)c3cc(Cl)ccc32)ccc1O. The van der Waals surface area contributed by atoms with Crippen molar-refractivity contribution in [1.82, 2.24) is 4.68 Å². The van der Waals surface area contributed by atoms with Gasteiger partial charge in [-0.1, -0.05) is 41.9 Å². The second-order valence-electron chi connectivity index (χ2n) is 6.09. The molecular formula is C22H17ClN2O2. The van der Waals surface area contributed by atoms with Crippen molar-refractivity contribution in [3.8, 4) is 22.6 Å². The summed E-state index contributed by atoms with van der Waals surface area (Å²) in [4.78, 5) is 0. The minimum absolute atomic E-state index is 0.0991. The number of hydrogen-bond donors (Lipinski definition) is 1. The molecule has 1 aromatic heterocycles. The molecule has 0 saturated heterocycles. The summed E-state index contributed by atoms with van der Waals surface area (Å²) in [5.74, 6) is 0.509. The molecule has 0 bridgehead atoms. The molecule has 134 valence electrons. The van der Waals surface area contributed by atoms with E-state index in [1.165, 1.54) is 7.11 Å². The average molecular weight is 377 g/mol. The predicted octanol–water partition coefficient (Wildman–Crippen LogP) is 5.56. The molecule has 5 heteroatoms. The highest BCUT2D eigenvalue weighted by Gasteiger charge is 2.10. The van der Waals surface area contributed by atoms with Gasteiger partial charge in [0.15, 0.2) is 11.5 Å². The fraction of sp³-hybridized carbons (Fsp3) is 0.0455. The van der Waals surface area contributed by atoms with E-state index in [1.807, 2.05) is 47.3 Å². The summed E-state index contributed by atoms with van der Waals surface area (Å²) in [6, 6.07) is 21.0. The molecule has 4 aromatic rings. The van der Waals surface area contributed by atoms with Crippen molar-refractivity contribution in [2.75, 3.05) is 7.11 Å². The van der Waals surface area contributed by atoms with Gasteiger partial charge in [0.25, 0.3) is 0 Å². The third kappa shape index (κ3) is 3.39. The maximum Gasteiger partial charge on any atom is 0.161 e. The number of aromatic nitrogens is 1. The van der Waals surface area contributed by atoms with E-state index < -0.39 is 0 Å². The summed E-state index contributed by atoms with van der Waals surface area (Å²) in [7, 11) is 1.52. The van der Waals surface area contributed by atoms with E-state index in [2.05, 4.69) is 17.2 Å². The minimum Gasteiger partial charge on any atom is -0.504 e. The molecular weight excluding hydrogens is 360 g/mol. The van der Waals surface area contributed by atoms with Gasteiger partial charge in [-0.05, 0) is 47.5 Å². The van der Waals surface area contributed by atoms with Crippen LogP contribution in [-0.4, -0.2) is 23.1 Å². The van der Waals surface area contributed by atoms with Crippen molar-refractivity contribution < 1.29 is 9.84 Å². The molecule has 3 aromatic carbocycles. The first-order valence-electron chi connectivity index (χ1n) is 8.43. The summed E-state index contributed by atoms with van der Waals surface area (Å²) >= 11 is 6.22. The Morgan fingerprint density at radius 1 is 1.04 bits per heavy atom. The van der Waals surface area contributed by atoms with Gasteiger partial charge in [0.2, 0.25) is 0 Å². The second-order valence-corrected chi connectivity index (χ2v) is 6.53. The number of phenolic OH excluding ortho intramolecular Hbond substituents is 1. The summed E-state index contributed by atoms with van der Waals surface area (Å²) in [5, 5.41) is 16.0. The number of ether oxygens (including phenoxy) is 1. The van der Waals surface area contributed by atoms with Crippen LogP contribution in [0, 0.1) is 0 Å². The van der Waals surface area contributed by atoms with Gasteiger partial charge < -0.3 is 9.84 Å². The first-order chi connectivity index (χ1) is 13.2. The summed E-state index contributed by atoms with van der Waals surface area (Å²) in [6.07, 6.45) is 3.72. The summed E-state index contributed by atoms with van der Waals surface area (Å²) in [6.45, 7) is 0. The number of fused-ring (bicyclic) bond motifs is 1. The van der Waals surface area contributed by atoms with E-state index in [9.17, 15) is 5.11 Å². The van der Waals surface area contributed by atoms with Gasteiger partial charge in [0, 0.05) is 22.2 Å². The molecule has 1 N–H and O–H groups in total. The Morgan fingerprint density at radius 2 is 1.85 bits per heavy atom. The average Bonchev–Trinajstić information content (AvgIpc) is 3.05. The Kier molecular flexibility index (Phi) is 4.57. The van der Waals surface area contributed by atoms with Gasteiger partial charge in [-0.15, -0.1) is 0 Å². The number of rotatable bonds is 4. The highest BCUT2D eigenvalue weighted by molar-refractivity contribution is 6.31. The molecule has 0 radical (unpaired) electrons. The fourth-order valence-electron chi connectivity index (χ4n) is 3.03. The van der Waals surface area contributed by atoms with Gasteiger partial charge in [0.05, 0.1) is 18.8 Å². The van der Waals surface area contributed by atoms with Crippen LogP contribution in [0.15, 0.2) is 78.0 Å². The lowest BCUT2D eigenvalue weighted by Gasteiger charge is -2.03. The van der Waals surface area contributed by atoms with Gasteiger partial charge in [0.1, 0.15) is 0 Å². The van der Waals surface area contributed by atoms with Crippen LogP contribution >= 0.6 is 11.6 Å². The molecule has 0 spiro atoms. The van der Waals surface area contributed by atoms with Crippen LogP contribution in [0.3, 0.4) is 0 Å². The van der Waals surface area contributed by atoms with Crippen LogP contribution in [0.4, 0.5) is 0 Å². The molecule has 4 rings (SSSR count). The van der Waals surface area contributed by atoms with Crippen molar-refractivity contribution in [1.29, 1.82) is 0 Å². The van der Waals surface area contributed by atoms with E-state index in [0.717, 1.165) is 27.6 Å². The second kappa shape index (κ2) is 7.17. The normalized spacial score (nSPS) is 11.3. The van der Waals surface area contributed by atoms with E-state index in [4.69, 9.17) is 16.3 Å². The number of aromatic hydroxyl groups is 1. The van der Waals surface area contributed by atoms with Gasteiger partial charge in [-0.25, -0.2) is 4.68 Å². The maximum atomic E-state index is 9.73. The molecule has 0 aliphatic rings. The summed E-state index contributed by atoms with van der Waals surface area (Å²) < 4.78 is 6.98. The lowest BCUT2D eigenvalue weighted by Crippen LogP contribution is -1.90. The molecule has 0 saturated carbocycles. The Balaban J connectivity index is 1.80. The number of methoxy groups -OCH3 is 1. The standard InChI is InChI=1S/C22H17ClN2O2/c1-27-22-11-15(7-10-21(22)26)13-24-25-14-19(16-5-3-2-4-6-16)18-12-17(23)8-9-20(18)25/h2-14,26H,1H3/b24-13+. The number of benzene rings is 3. The van der Waals surface area contributed by atoms with Crippen LogP contribution in [0.2, 0.25) is 5.02 Å². The van der Waals surface area contributed by atoms with Crippen LogP contribution in [0.25, 0.3) is 22.0 Å². The van der Waals surface area contributed by atoms with E-state index in [1.54, 1.807) is 24.4 Å². The maximum absolute atomic E-state index is 9.73. The van der Waals surface area contributed by atoms with Crippen molar-refractivity contribution in [3.05, 3.63) is 83.5 Å². The minimum atomic E-state index is 0.0991. The Hall–Kier alpha value is -3.24. The molecule has 0 aliphatic heterocycles. The third-order valence-corrected chi connectivity index (χ3v) is 4.60. The predicted molar refractivity (Wildman–Crippen MR) is 110 cm³/mol. The summed E-state index contributed by atoms with van der Waals surface area (Å²) in [5.41, 5.74) is 3.94. The molecule has 4 nitrogen and oxygen atoms in total. The molecule has 0 amide bonds. The first-order valence-corrected chi connectivity index (χ1v) is 8.81. The highest BCUT2D eigenvalue weighted by atomic mass is 35.5. The van der Waals surface area contributed by atoms with Gasteiger partial charge in [-0.3, -0.25) is 0 Å². The third-order valence-electron chi connectivity index (χ3n) is 4.37. The van der Waals surface area contributed by atoms with Crippen molar-refractivity contribution >= 4 is 28.7 Å². The van der Waals surface area contributed by atoms with Gasteiger partial charge >= 0.3 is 0 Å². The zero-order chi connectivity index (χ0) is 18.8. The quantitative estimate of drug-likeness (QED) is 0.474. The Morgan fingerprint density at radius 3 is 2.63 bits per heavy atom. The van der Waals surface area contributed by atoms with Crippen molar-refractivity contribution in [3.63, 3.8) is 0 Å². The number of hydrogen-bond acceptors (Lipinski definition) is 3. The Labute approximate surface area is 161 Å². The van der Waals surface area contributed by atoms with E-state index in [-0.39, 0.29) is 5.75 Å². The van der Waals surface area contributed by atoms with E-state index >= 15 is 0 Å². The lowest BCUT2D eigenvalue weighted by atomic mass is 10.1. The zero-order valence-corrected chi connectivity index (χ0v) is 15.4. The van der Waals surface area contributed by atoms with Gasteiger partial charge in [-0.2, -0.15) is 5.10 Å². The van der Waals surface area contributed by atoms with E-state index in [0.29, 0.717) is 10.8 Å². The molecule has 27 heavy (non-hydrogen) atoms. The van der Waals surface area contributed by atoms with Crippen LogP contribution in [0.1, 0.15) is 5.56 Å². The molecule has 1 heterocycles. The number of phenols is 1. The molecule has 0 unspecified atom stereocenters.